The molecule has 2 N–H and O–H groups in total. The lowest BCUT2D eigenvalue weighted by Crippen LogP contribution is -2.54. The van der Waals surface area contributed by atoms with E-state index in [0.29, 0.717) is 4.31 Å². The number of nitrogens with zero attached hydrogens (tertiary/aromatic N) is 1. The van der Waals surface area contributed by atoms with E-state index in [1.807, 2.05) is 0 Å². The van der Waals surface area contributed by atoms with E-state index >= 15 is 0 Å². The highest BCUT2D eigenvalue weighted by molar-refractivity contribution is 7.85. The molecule has 0 bridgehead atoms. The minimum absolute atomic E-state index is 0.225. The smallest absolute Gasteiger partial charge is 0.274 e. The summed E-state index contributed by atoms with van der Waals surface area (Å²) in [6.45, 7) is 1.60. The topological polar surface area (TPSA) is 89.7 Å². The number of carbonyl (C=O) groups excluding carboxylic acids is 1. The Bertz CT molecular complexity index is 272. The van der Waals surface area contributed by atoms with Crippen molar-refractivity contribution in [1.29, 1.82) is 0 Å². The summed E-state index contributed by atoms with van der Waals surface area (Å²) in [7, 11) is -4.00. The standard InChI is InChI=1S/C4H8N2O4S/c1-3-2-4(7)6(3)11(8,9)10-5/h3H,2,5H2,1H3. The molecule has 1 rings (SSSR count). The second kappa shape index (κ2) is 2.43. The average Bonchev–Trinajstić information content (AvgIpc) is 1.86. The number of hydrogen-bond acceptors (Lipinski definition) is 5. The summed E-state index contributed by atoms with van der Waals surface area (Å²) < 4.78 is 25.8. The van der Waals surface area contributed by atoms with Crippen LogP contribution in [0.15, 0.2) is 0 Å². The van der Waals surface area contributed by atoms with Gasteiger partial charge in [0.2, 0.25) is 5.91 Å². The molecule has 0 aromatic carbocycles. The lowest BCUT2D eigenvalue weighted by molar-refractivity contribution is -0.137. The molecule has 1 atom stereocenters. The molecule has 0 aromatic rings. The van der Waals surface area contributed by atoms with Gasteiger partial charge in [0.15, 0.2) is 0 Å². The van der Waals surface area contributed by atoms with Gasteiger partial charge >= 0.3 is 10.3 Å². The quantitative estimate of drug-likeness (QED) is 0.423. The minimum Gasteiger partial charge on any atom is -0.274 e. The summed E-state index contributed by atoms with van der Waals surface area (Å²) in [5.41, 5.74) is 0. The van der Waals surface area contributed by atoms with Crippen LogP contribution in [0.3, 0.4) is 0 Å². The van der Waals surface area contributed by atoms with Gasteiger partial charge in [-0.05, 0) is 6.92 Å². The van der Waals surface area contributed by atoms with Crippen molar-refractivity contribution in [2.75, 3.05) is 0 Å². The highest BCUT2D eigenvalue weighted by Crippen LogP contribution is 2.22. The maximum atomic E-state index is 10.8. The summed E-state index contributed by atoms with van der Waals surface area (Å²) >= 11 is 0. The zero-order valence-corrected chi connectivity index (χ0v) is 6.67. The van der Waals surface area contributed by atoms with E-state index in [0.717, 1.165) is 0 Å². The summed E-state index contributed by atoms with van der Waals surface area (Å²) in [4.78, 5) is 10.7. The summed E-state index contributed by atoms with van der Waals surface area (Å²) in [5.74, 6) is 3.98. The van der Waals surface area contributed by atoms with Crippen molar-refractivity contribution in [2.24, 2.45) is 5.90 Å². The van der Waals surface area contributed by atoms with Crippen molar-refractivity contribution < 1.29 is 17.5 Å². The molecule has 6 nitrogen and oxygen atoms in total. The Hall–Kier alpha value is -0.660. The van der Waals surface area contributed by atoms with Crippen LogP contribution >= 0.6 is 0 Å². The van der Waals surface area contributed by atoms with Gasteiger partial charge in [-0.15, -0.1) is 0 Å². The van der Waals surface area contributed by atoms with Crippen molar-refractivity contribution in [3.8, 4) is 0 Å². The zero-order chi connectivity index (χ0) is 8.65. The van der Waals surface area contributed by atoms with Gasteiger partial charge in [-0.3, -0.25) is 4.79 Å². The fourth-order valence-electron chi connectivity index (χ4n) is 0.950. The first-order valence-corrected chi connectivity index (χ1v) is 4.31. The van der Waals surface area contributed by atoms with E-state index in [4.69, 9.17) is 0 Å². The molecule has 1 heterocycles. The van der Waals surface area contributed by atoms with Crippen molar-refractivity contribution in [2.45, 2.75) is 19.4 Å². The molecule has 1 saturated heterocycles. The molecule has 0 radical (unpaired) electrons. The molecule has 0 saturated carbocycles. The first-order chi connectivity index (χ1) is 4.99. The second-order valence-electron chi connectivity index (χ2n) is 2.30. The lowest BCUT2D eigenvalue weighted by Gasteiger charge is -2.34. The summed E-state index contributed by atoms with van der Waals surface area (Å²) in [6, 6.07) is -0.337. The van der Waals surface area contributed by atoms with Gasteiger partial charge < -0.3 is 0 Å². The maximum absolute atomic E-state index is 10.8. The van der Waals surface area contributed by atoms with Gasteiger partial charge in [0.25, 0.3) is 0 Å². The number of carbonyl (C=O) groups is 1. The predicted octanol–water partition coefficient (Wildman–Crippen LogP) is -1.26. The monoisotopic (exact) mass is 180 g/mol. The van der Waals surface area contributed by atoms with Gasteiger partial charge in [0.1, 0.15) is 0 Å². The number of β-lactam (4-membered cyclic amide) rings is 1. The molecule has 0 aliphatic carbocycles. The maximum Gasteiger partial charge on any atom is 0.380 e. The Morgan fingerprint density at radius 1 is 1.73 bits per heavy atom. The number of rotatable bonds is 2. The van der Waals surface area contributed by atoms with Gasteiger partial charge in [-0.25, -0.2) is 4.31 Å². The third-order valence-corrected chi connectivity index (χ3v) is 2.77. The third kappa shape index (κ3) is 1.22. The Morgan fingerprint density at radius 3 is 2.45 bits per heavy atom. The molecule has 1 fully saturated rings. The first kappa shape index (κ1) is 8.44. The second-order valence-corrected chi connectivity index (χ2v) is 3.74. The Balaban J connectivity index is 2.83. The van der Waals surface area contributed by atoms with E-state index < -0.39 is 16.2 Å². The molecule has 0 aromatic heterocycles. The summed E-state index contributed by atoms with van der Waals surface area (Å²) in [5, 5.41) is 0. The Morgan fingerprint density at radius 2 is 2.27 bits per heavy atom. The molecule has 11 heavy (non-hydrogen) atoms. The van der Waals surface area contributed by atoms with Crippen LogP contribution in [0.1, 0.15) is 13.3 Å². The highest BCUT2D eigenvalue weighted by atomic mass is 32.2. The first-order valence-electron chi connectivity index (χ1n) is 2.94. The van der Waals surface area contributed by atoms with Crippen LogP contribution in [0.4, 0.5) is 0 Å². The van der Waals surface area contributed by atoms with E-state index in [1.165, 1.54) is 0 Å². The van der Waals surface area contributed by atoms with Gasteiger partial charge in [0, 0.05) is 6.42 Å². The fourth-order valence-corrected chi connectivity index (χ4v) is 1.88. The van der Waals surface area contributed by atoms with Crippen molar-refractivity contribution >= 4 is 16.2 Å². The third-order valence-electron chi connectivity index (χ3n) is 1.48. The molecular formula is C4H8N2O4S. The molecule has 0 spiro atoms. The number of hydrogen-bond donors (Lipinski definition) is 1. The summed E-state index contributed by atoms with van der Waals surface area (Å²) in [6.07, 6.45) is 0.225. The molecule has 1 amide bonds. The number of amides is 1. The van der Waals surface area contributed by atoms with Crippen LogP contribution in [-0.4, -0.2) is 24.7 Å². The van der Waals surface area contributed by atoms with E-state index in [9.17, 15) is 13.2 Å². The lowest BCUT2D eigenvalue weighted by atomic mass is 10.1. The van der Waals surface area contributed by atoms with E-state index in [1.54, 1.807) is 6.92 Å². The van der Waals surface area contributed by atoms with Crippen LogP contribution in [-0.2, 0) is 19.4 Å². The molecule has 1 unspecified atom stereocenters. The number of nitrogens with two attached hydrogens (primary N) is 1. The van der Waals surface area contributed by atoms with Gasteiger partial charge in [-0.1, -0.05) is 0 Å². The molecule has 7 heteroatoms. The van der Waals surface area contributed by atoms with Gasteiger partial charge in [0.05, 0.1) is 6.04 Å². The van der Waals surface area contributed by atoms with Crippen LogP contribution in [0.5, 0.6) is 0 Å². The largest absolute Gasteiger partial charge is 0.380 e. The van der Waals surface area contributed by atoms with Crippen LogP contribution in [0, 0.1) is 0 Å². The molecular weight excluding hydrogens is 172 g/mol. The highest BCUT2D eigenvalue weighted by Gasteiger charge is 2.42. The Labute approximate surface area is 64.1 Å². The molecule has 64 valence electrons. The van der Waals surface area contributed by atoms with E-state index in [-0.39, 0.29) is 12.5 Å². The molecule has 1 aliphatic rings. The minimum atomic E-state index is -4.00. The normalized spacial score (nSPS) is 25.1. The van der Waals surface area contributed by atoms with Crippen LogP contribution < -0.4 is 5.90 Å². The van der Waals surface area contributed by atoms with Crippen molar-refractivity contribution in [1.82, 2.24) is 4.31 Å². The average molecular weight is 180 g/mol. The fraction of sp³-hybridized carbons (Fsp3) is 0.750. The van der Waals surface area contributed by atoms with E-state index in [2.05, 4.69) is 10.2 Å². The van der Waals surface area contributed by atoms with Crippen LogP contribution in [0.2, 0.25) is 0 Å². The van der Waals surface area contributed by atoms with Crippen molar-refractivity contribution in [3.63, 3.8) is 0 Å². The van der Waals surface area contributed by atoms with Crippen molar-refractivity contribution in [3.05, 3.63) is 0 Å². The predicted molar refractivity (Wildman–Crippen MR) is 35.1 cm³/mol. The Kier molecular flexibility index (Phi) is 1.87. The SMILES string of the molecule is CC1CC(=O)N1S(=O)(=O)ON. The zero-order valence-electron chi connectivity index (χ0n) is 5.85. The van der Waals surface area contributed by atoms with Crippen LogP contribution in [0.25, 0.3) is 0 Å². The van der Waals surface area contributed by atoms with Gasteiger partial charge in [-0.2, -0.15) is 18.6 Å². The molecule has 1 aliphatic heterocycles.